The van der Waals surface area contributed by atoms with E-state index in [1.807, 2.05) is 25.1 Å². The Morgan fingerprint density at radius 1 is 1.36 bits per heavy atom. The van der Waals surface area contributed by atoms with Gasteiger partial charge in [0.2, 0.25) is 5.91 Å². The maximum atomic E-state index is 12.4. The first-order chi connectivity index (χ1) is 10.4. The molecule has 0 atom stereocenters. The number of anilines is 1. The Balaban J connectivity index is 2.10. The number of carbonyl (C=O) groups excluding carboxylic acids is 2. The second-order valence-corrected chi connectivity index (χ2v) is 6.81. The summed E-state index contributed by atoms with van der Waals surface area (Å²) in [5, 5.41) is 0. The Morgan fingerprint density at radius 2 is 2.09 bits per heavy atom. The van der Waals surface area contributed by atoms with Crippen LogP contribution in [0.15, 0.2) is 6.07 Å². The molecule has 22 heavy (non-hydrogen) atoms. The Hall–Kier alpha value is -1.44. The van der Waals surface area contributed by atoms with E-state index in [4.69, 9.17) is 4.74 Å². The minimum atomic E-state index is -0.0172. The van der Waals surface area contributed by atoms with Crippen molar-refractivity contribution in [3.63, 3.8) is 0 Å². The van der Waals surface area contributed by atoms with Crippen LogP contribution in [-0.4, -0.2) is 76.1 Å². The SMILES string of the molecule is COCCN(C)C(=O)c1cc2c(s1)CCN2C(=O)CN(C)C. The Kier molecular flexibility index (Phi) is 5.55. The smallest absolute Gasteiger partial charge is 0.263 e. The molecule has 6 nitrogen and oxygen atoms in total. The van der Waals surface area contributed by atoms with E-state index in [1.54, 1.807) is 24.0 Å². The molecule has 0 radical (unpaired) electrons. The second-order valence-electron chi connectivity index (χ2n) is 5.67. The number of hydrogen-bond acceptors (Lipinski definition) is 5. The predicted octanol–water partition coefficient (Wildman–Crippen LogP) is 0.917. The molecule has 2 amide bonds. The zero-order chi connectivity index (χ0) is 16.3. The third-order valence-electron chi connectivity index (χ3n) is 3.58. The molecule has 1 aliphatic rings. The quantitative estimate of drug-likeness (QED) is 0.780. The fraction of sp³-hybridized carbons (Fsp3) is 0.600. The van der Waals surface area contributed by atoms with Crippen LogP contribution in [0.4, 0.5) is 5.69 Å². The Morgan fingerprint density at radius 3 is 2.73 bits per heavy atom. The van der Waals surface area contributed by atoms with Gasteiger partial charge in [0.1, 0.15) is 0 Å². The van der Waals surface area contributed by atoms with E-state index in [1.165, 1.54) is 11.3 Å². The topological polar surface area (TPSA) is 53.1 Å². The molecule has 1 aromatic heterocycles. The molecule has 0 aromatic carbocycles. The first-order valence-corrected chi connectivity index (χ1v) is 8.08. The molecule has 0 unspecified atom stereocenters. The largest absolute Gasteiger partial charge is 0.383 e. The van der Waals surface area contributed by atoms with Crippen molar-refractivity contribution < 1.29 is 14.3 Å². The van der Waals surface area contributed by atoms with Crippen molar-refractivity contribution in [3.05, 3.63) is 15.8 Å². The summed E-state index contributed by atoms with van der Waals surface area (Å²) < 4.78 is 5.00. The monoisotopic (exact) mass is 325 g/mol. The average Bonchev–Trinajstić information content (AvgIpc) is 3.02. The normalized spacial score (nSPS) is 13.6. The third-order valence-corrected chi connectivity index (χ3v) is 4.75. The zero-order valence-electron chi connectivity index (χ0n) is 13.6. The van der Waals surface area contributed by atoms with Gasteiger partial charge < -0.3 is 19.4 Å². The lowest BCUT2D eigenvalue weighted by molar-refractivity contribution is -0.119. The summed E-state index contributed by atoms with van der Waals surface area (Å²) in [5.41, 5.74) is 0.903. The van der Waals surface area contributed by atoms with E-state index < -0.39 is 0 Å². The molecule has 0 N–H and O–H groups in total. The molecule has 122 valence electrons. The number of carbonyl (C=O) groups is 2. The van der Waals surface area contributed by atoms with Crippen LogP contribution in [0.2, 0.25) is 0 Å². The van der Waals surface area contributed by atoms with Crippen molar-refractivity contribution in [2.45, 2.75) is 6.42 Å². The molecule has 0 fully saturated rings. The van der Waals surface area contributed by atoms with Crippen LogP contribution >= 0.6 is 11.3 Å². The summed E-state index contributed by atoms with van der Waals surface area (Å²) in [6.07, 6.45) is 0.828. The van der Waals surface area contributed by atoms with Gasteiger partial charge in [0.05, 0.1) is 23.7 Å². The molecule has 2 rings (SSSR count). The molecule has 1 aliphatic heterocycles. The van der Waals surface area contributed by atoms with E-state index >= 15 is 0 Å². The van der Waals surface area contributed by atoms with Gasteiger partial charge in [0.15, 0.2) is 0 Å². The highest BCUT2D eigenvalue weighted by Crippen LogP contribution is 2.36. The first-order valence-electron chi connectivity index (χ1n) is 7.26. The number of amides is 2. The molecule has 0 bridgehead atoms. The summed E-state index contributed by atoms with van der Waals surface area (Å²) in [6, 6.07) is 1.85. The fourth-order valence-corrected chi connectivity index (χ4v) is 3.54. The van der Waals surface area contributed by atoms with Gasteiger partial charge >= 0.3 is 0 Å². The molecule has 0 saturated heterocycles. The summed E-state index contributed by atoms with van der Waals surface area (Å²) >= 11 is 1.49. The molecular weight excluding hydrogens is 302 g/mol. The van der Waals surface area contributed by atoms with Crippen LogP contribution in [-0.2, 0) is 16.0 Å². The van der Waals surface area contributed by atoms with Crippen LogP contribution in [0.3, 0.4) is 0 Å². The summed E-state index contributed by atoms with van der Waals surface area (Å²) in [4.78, 5) is 31.7. The lowest BCUT2D eigenvalue weighted by Crippen LogP contribution is -2.36. The minimum absolute atomic E-state index is 0.0172. The molecule has 1 aromatic rings. The van der Waals surface area contributed by atoms with Crippen molar-refractivity contribution >= 4 is 28.8 Å². The van der Waals surface area contributed by atoms with Gasteiger partial charge in [-0.3, -0.25) is 9.59 Å². The Labute approximate surface area is 135 Å². The van der Waals surface area contributed by atoms with Crippen molar-refractivity contribution in [3.8, 4) is 0 Å². The standard InChI is InChI=1S/C15H23N3O3S/c1-16(2)10-14(19)18-6-5-12-11(18)9-13(22-12)15(20)17(3)7-8-21-4/h9H,5-8,10H2,1-4H3. The molecule has 0 spiro atoms. The predicted molar refractivity (Wildman–Crippen MR) is 87.8 cm³/mol. The number of hydrogen-bond donors (Lipinski definition) is 0. The van der Waals surface area contributed by atoms with Gasteiger partial charge in [-0.05, 0) is 20.2 Å². The van der Waals surface area contributed by atoms with Crippen molar-refractivity contribution in [1.82, 2.24) is 9.80 Å². The van der Waals surface area contributed by atoms with Gasteiger partial charge in [-0.2, -0.15) is 0 Å². The van der Waals surface area contributed by atoms with Crippen LogP contribution in [0, 0.1) is 0 Å². The summed E-state index contributed by atoms with van der Waals surface area (Å²) in [5.74, 6) is 0.0599. The van der Waals surface area contributed by atoms with Crippen molar-refractivity contribution in [2.24, 2.45) is 0 Å². The number of fused-ring (bicyclic) bond motifs is 1. The van der Waals surface area contributed by atoms with Gasteiger partial charge in [-0.15, -0.1) is 11.3 Å². The van der Waals surface area contributed by atoms with E-state index in [0.29, 0.717) is 31.1 Å². The van der Waals surface area contributed by atoms with E-state index in [2.05, 4.69) is 0 Å². The number of rotatable bonds is 6. The highest BCUT2D eigenvalue weighted by Gasteiger charge is 2.29. The number of ether oxygens (including phenoxy) is 1. The van der Waals surface area contributed by atoms with Crippen LogP contribution in [0.1, 0.15) is 14.5 Å². The van der Waals surface area contributed by atoms with Crippen molar-refractivity contribution in [1.29, 1.82) is 0 Å². The highest BCUT2D eigenvalue weighted by atomic mass is 32.1. The van der Waals surface area contributed by atoms with Crippen LogP contribution in [0.5, 0.6) is 0 Å². The number of nitrogens with zero attached hydrogens (tertiary/aromatic N) is 3. The maximum Gasteiger partial charge on any atom is 0.263 e. The van der Waals surface area contributed by atoms with E-state index in [0.717, 1.165) is 17.0 Å². The van der Waals surface area contributed by atoms with E-state index in [9.17, 15) is 9.59 Å². The van der Waals surface area contributed by atoms with Gasteiger partial charge in [-0.25, -0.2) is 0 Å². The minimum Gasteiger partial charge on any atom is -0.383 e. The third kappa shape index (κ3) is 3.66. The fourth-order valence-electron chi connectivity index (χ4n) is 2.40. The van der Waals surface area contributed by atoms with Gasteiger partial charge in [0.25, 0.3) is 5.91 Å². The van der Waals surface area contributed by atoms with Crippen LogP contribution in [0.25, 0.3) is 0 Å². The number of likely N-dealkylation sites (N-methyl/N-ethyl adjacent to an activating group) is 2. The highest BCUT2D eigenvalue weighted by molar-refractivity contribution is 7.14. The molecule has 0 saturated carbocycles. The van der Waals surface area contributed by atoms with E-state index in [-0.39, 0.29) is 11.8 Å². The molecule has 7 heteroatoms. The van der Waals surface area contributed by atoms with Gasteiger partial charge in [0, 0.05) is 38.5 Å². The number of thiophene rings is 1. The zero-order valence-corrected chi connectivity index (χ0v) is 14.4. The Bertz CT molecular complexity index is 556. The lowest BCUT2D eigenvalue weighted by atomic mass is 10.3. The number of methoxy groups -OCH3 is 1. The second kappa shape index (κ2) is 7.21. The maximum absolute atomic E-state index is 12.4. The summed E-state index contributed by atoms with van der Waals surface area (Å²) in [6.45, 7) is 2.16. The molecule has 2 heterocycles. The van der Waals surface area contributed by atoms with Crippen LogP contribution < -0.4 is 4.90 Å². The lowest BCUT2D eigenvalue weighted by Gasteiger charge is -2.19. The van der Waals surface area contributed by atoms with Crippen molar-refractivity contribution in [2.75, 3.05) is 59.4 Å². The average molecular weight is 325 g/mol. The summed E-state index contributed by atoms with van der Waals surface area (Å²) in [7, 11) is 7.14. The van der Waals surface area contributed by atoms with Gasteiger partial charge in [-0.1, -0.05) is 0 Å². The molecule has 0 aliphatic carbocycles. The first kappa shape index (κ1) is 16.9. The molecular formula is C15H23N3O3S.